The molecule has 1 N–H and O–H groups in total. The Kier molecular flexibility index (Phi) is 9.83. The van der Waals surface area contributed by atoms with Gasteiger partial charge in [-0.15, -0.1) is 0 Å². The number of aryl methyl sites for hydroxylation is 1. The van der Waals surface area contributed by atoms with Gasteiger partial charge < -0.3 is 5.32 Å². The number of carbonyl (C=O) groups is 1. The van der Waals surface area contributed by atoms with E-state index in [-0.39, 0.29) is 17.7 Å². The molecule has 0 fully saturated rings. The summed E-state index contributed by atoms with van der Waals surface area (Å²) in [7, 11) is 0. The molecule has 0 aromatic heterocycles. The molecule has 172 valence electrons. The summed E-state index contributed by atoms with van der Waals surface area (Å²) in [4.78, 5) is 17.2. The number of rotatable bonds is 10. The van der Waals surface area contributed by atoms with Crippen LogP contribution in [0, 0.1) is 30.6 Å². The summed E-state index contributed by atoms with van der Waals surface area (Å²) in [5.41, 5.74) is 3.29. The van der Waals surface area contributed by atoms with Crippen molar-refractivity contribution in [2.24, 2.45) is 28.7 Å². The van der Waals surface area contributed by atoms with Gasteiger partial charge in [0, 0.05) is 17.8 Å². The monoisotopic (exact) mass is 436 g/mol. The van der Waals surface area contributed by atoms with Crippen molar-refractivity contribution in [1.82, 2.24) is 0 Å². The van der Waals surface area contributed by atoms with E-state index in [4.69, 9.17) is 0 Å². The molecule has 0 spiro atoms. The maximum Gasteiger partial charge on any atom is 0.227 e. The number of allylic oxidation sites excluding steroid dienone is 6. The molecule has 4 unspecified atom stereocenters. The van der Waals surface area contributed by atoms with Crippen molar-refractivity contribution in [3.05, 3.63) is 78.3 Å². The predicted octanol–water partition coefficient (Wildman–Crippen LogP) is 7.58. The minimum atomic E-state index is -0.299. The zero-order valence-corrected chi connectivity index (χ0v) is 20.1. The molecule has 1 aliphatic carbocycles. The summed E-state index contributed by atoms with van der Waals surface area (Å²) in [6.07, 6.45) is 11.3. The van der Waals surface area contributed by atoms with Gasteiger partial charge in [0.2, 0.25) is 5.91 Å². The van der Waals surface area contributed by atoms with Crippen LogP contribution in [0.2, 0.25) is 0 Å². The van der Waals surface area contributed by atoms with Crippen LogP contribution in [0.3, 0.4) is 0 Å². The van der Waals surface area contributed by atoms with Gasteiger partial charge in [-0.05, 0) is 73.5 Å². The van der Waals surface area contributed by atoms with E-state index < -0.39 is 0 Å². The van der Waals surface area contributed by atoms with Gasteiger partial charge in [0.1, 0.15) is 5.83 Å². The van der Waals surface area contributed by atoms with Crippen molar-refractivity contribution in [1.29, 1.82) is 0 Å². The molecule has 1 aromatic rings. The van der Waals surface area contributed by atoms with Gasteiger partial charge in [0.05, 0.1) is 5.71 Å². The van der Waals surface area contributed by atoms with Gasteiger partial charge in [-0.3, -0.25) is 9.79 Å². The number of benzene rings is 1. The van der Waals surface area contributed by atoms with Crippen molar-refractivity contribution < 1.29 is 9.18 Å². The van der Waals surface area contributed by atoms with E-state index in [1.807, 2.05) is 38.1 Å². The summed E-state index contributed by atoms with van der Waals surface area (Å²) in [6.45, 7) is 14.5. The molecule has 4 heteroatoms. The average Bonchev–Trinajstić information content (AvgIpc) is 2.76. The first-order valence-corrected chi connectivity index (χ1v) is 11.6. The highest BCUT2D eigenvalue weighted by atomic mass is 19.1. The van der Waals surface area contributed by atoms with Crippen LogP contribution in [-0.4, -0.2) is 11.6 Å². The SMILES string of the molecule is C=C1C=C(F)C=C/C1=N/C=C\C(C)C(C)CCC(CC)C(C)C(=O)Nc1ccc(C)cc1. The van der Waals surface area contributed by atoms with Gasteiger partial charge in [-0.1, -0.05) is 64.5 Å². The Morgan fingerprint density at radius 2 is 1.84 bits per heavy atom. The first-order valence-electron chi connectivity index (χ1n) is 11.6. The Labute approximate surface area is 192 Å². The van der Waals surface area contributed by atoms with Crippen LogP contribution in [0.4, 0.5) is 10.1 Å². The van der Waals surface area contributed by atoms with E-state index in [2.05, 4.69) is 43.7 Å². The zero-order chi connectivity index (χ0) is 23.7. The fraction of sp³-hybridized carbons (Fsp3) is 0.429. The van der Waals surface area contributed by atoms with Crippen molar-refractivity contribution in [3.63, 3.8) is 0 Å². The van der Waals surface area contributed by atoms with E-state index >= 15 is 0 Å². The minimum Gasteiger partial charge on any atom is -0.326 e. The number of nitrogens with one attached hydrogen (secondary N) is 1. The molecule has 0 aliphatic heterocycles. The molecule has 0 heterocycles. The Bertz CT molecular complexity index is 908. The number of nitrogens with zero attached hydrogens (tertiary/aromatic N) is 1. The van der Waals surface area contributed by atoms with Crippen LogP contribution in [0.5, 0.6) is 0 Å². The van der Waals surface area contributed by atoms with Gasteiger partial charge in [-0.25, -0.2) is 4.39 Å². The zero-order valence-electron chi connectivity index (χ0n) is 20.1. The number of hydrogen-bond acceptors (Lipinski definition) is 2. The molecule has 1 aliphatic rings. The molecule has 32 heavy (non-hydrogen) atoms. The van der Waals surface area contributed by atoms with E-state index in [1.54, 1.807) is 12.3 Å². The van der Waals surface area contributed by atoms with Gasteiger partial charge in [0.15, 0.2) is 0 Å². The van der Waals surface area contributed by atoms with E-state index in [0.29, 0.717) is 29.0 Å². The molecular formula is C28H37FN2O. The van der Waals surface area contributed by atoms with E-state index in [1.165, 1.54) is 17.7 Å². The Morgan fingerprint density at radius 1 is 1.16 bits per heavy atom. The summed E-state index contributed by atoms with van der Waals surface area (Å²) >= 11 is 0. The normalized spacial score (nSPS) is 19.0. The minimum absolute atomic E-state index is 0.0386. The lowest BCUT2D eigenvalue weighted by atomic mass is 9.82. The Hall–Kier alpha value is -2.75. The maximum atomic E-state index is 13.2. The summed E-state index contributed by atoms with van der Waals surface area (Å²) in [5, 5.41) is 3.05. The molecule has 0 saturated heterocycles. The van der Waals surface area contributed by atoms with Crippen LogP contribution < -0.4 is 5.32 Å². The lowest BCUT2D eigenvalue weighted by Gasteiger charge is -2.25. The molecule has 0 radical (unpaired) electrons. The lowest BCUT2D eigenvalue weighted by molar-refractivity contribution is -0.121. The largest absolute Gasteiger partial charge is 0.326 e. The van der Waals surface area contributed by atoms with Gasteiger partial charge in [-0.2, -0.15) is 0 Å². The van der Waals surface area contributed by atoms with Gasteiger partial charge in [0.25, 0.3) is 0 Å². The maximum absolute atomic E-state index is 13.2. The van der Waals surface area contributed by atoms with Crippen LogP contribution in [0.1, 0.15) is 52.5 Å². The number of amides is 1. The van der Waals surface area contributed by atoms with Crippen molar-refractivity contribution in [2.75, 3.05) is 5.32 Å². The highest BCUT2D eigenvalue weighted by Crippen LogP contribution is 2.28. The Morgan fingerprint density at radius 3 is 2.47 bits per heavy atom. The summed E-state index contributed by atoms with van der Waals surface area (Å²) < 4.78 is 13.2. The topological polar surface area (TPSA) is 41.5 Å². The lowest BCUT2D eigenvalue weighted by Crippen LogP contribution is -2.27. The smallest absolute Gasteiger partial charge is 0.227 e. The van der Waals surface area contributed by atoms with Crippen LogP contribution in [-0.2, 0) is 4.79 Å². The summed E-state index contributed by atoms with van der Waals surface area (Å²) in [6, 6.07) is 7.92. The first kappa shape index (κ1) is 25.5. The summed E-state index contributed by atoms with van der Waals surface area (Å²) in [5.74, 6) is 0.910. The number of anilines is 1. The molecular weight excluding hydrogens is 399 g/mol. The highest BCUT2D eigenvalue weighted by molar-refractivity contribution is 6.11. The average molecular weight is 437 g/mol. The number of aliphatic imine (C=N–C) groups is 1. The number of hydrogen-bond donors (Lipinski definition) is 1. The third-order valence-electron chi connectivity index (χ3n) is 6.50. The second-order valence-corrected chi connectivity index (χ2v) is 8.97. The third-order valence-corrected chi connectivity index (χ3v) is 6.50. The fourth-order valence-electron chi connectivity index (χ4n) is 3.78. The second-order valence-electron chi connectivity index (χ2n) is 8.97. The molecule has 3 nitrogen and oxygen atoms in total. The third kappa shape index (κ3) is 7.74. The predicted molar refractivity (Wildman–Crippen MR) is 134 cm³/mol. The highest BCUT2D eigenvalue weighted by Gasteiger charge is 2.24. The van der Waals surface area contributed by atoms with Crippen molar-refractivity contribution in [2.45, 2.75) is 53.9 Å². The van der Waals surface area contributed by atoms with Gasteiger partial charge >= 0.3 is 0 Å². The number of halogens is 1. The Balaban J connectivity index is 1.85. The van der Waals surface area contributed by atoms with Crippen molar-refractivity contribution >= 4 is 17.3 Å². The molecule has 0 saturated carbocycles. The molecule has 2 rings (SSSR count). The first-order chi connectivity index (χ1) is 15.2. The van der Waals surface area contributed by atoms with Crippen LogP contribution in [0.15, 0.2) is 77.7 Å². The molecule has 1 amide bonds. The second kappa shape index (κ2) is 12.3. The van der Waals surface area contributed by atoms with Crippen molar-refractivity contribution in [3.8, 4) is 0 Å². The van der Waals surface area contributed by atoms with Crippen LogP contribution in [0.25, 0.3) is 0 Å². The molecule has 0 bridgehead atoms. The standard InChI is InChI=1S/C28H37FN2O/c1-7-24(23(6)28(32)31-26-13-8-19(2)9-14-26)11-10-20(3)21(4)16-17-30-27-15-12-25(29)18-22(27)5/h8-9,12-18,20-21,23-24H,5,7,10-11H2,1-4,6H3,(H,31,32)/b17-16-,30-27-. The number of carbonyl (C=O) groups excluding carboxylic acids is 1. The molecule has 1 aromatic carbocycles. The quantitative estimate of drug-likeness (QED) is 0.403. The molecule has 4 atom stereocenters. The van der Waals surface area contributed by atoms with E-state index in [9.17, 15) is 9.18 Å². The van der Waals surface area contributed by atoms with Crippen LogP contribution >= 0.6 is 0 Å². The fourth-order valence-corrected chi connectivity index (χ4v) is 3.78. The van der Waals surface area contributed by atoms with E-state index in [0.717, 1.165) is 24.9 Å².